The van der Waals surface area contributed by atoms with E-state index in [1.54, 1.807) is 6.21 Å². The summed E-state index contributed by atoms with van der Waals surface area (Å²) >= 11 is 0. The number of imidazole rings is 1. The van der Waals surface area contributed by atoms with Crippen molar-refractivity contribution in [1.82, 2.24) is 9.55 Å². The lowest BCUT2D eigenvalue weighted by atomic mass is 10.2. The van der Waals surface area contributed by atoms with Gasteiger partial charge >= 0.3 is 0 Å². The van der Waals surface area contributed by atoms with Crippen LogP contribution in [0.2, 0.25) is 0 Å². The van der Waals surface area contributed by atoms with Crippen molar-refractivity contribution in [3.63, 3.8) is 0 Å². The molecule has 0 saturated carbocycles. The van der Waals surface area contributed by atoms with Crippen LogP contribution in [0.4, 0.5) is 11.8 Å². The summed E-state index contributed by atoms with van der Waals surface area (Å²) < 4.78 is 13.6. The van der Waals surface area contributed by atoms with E-state index in [1.165, 1.54) is 0 Å². The van der Waals surface area contributed by atoms with Crippen molar-refractivity contribution < 1.29 is 14.6 Å². The zero-order chi connectivity index (χ0) is 19.9. The predicted octanol–water partition coefficient (Wildman–Crippen LogP) is 2.70. The Morgan fingerprint density at radius 3 is 2.89 bits per heavy atom. The molecule has 1 aliphatic heterocycles. The van der Waals surface area contributed by atoms with Crippen LogP contribution in [0.1, 0.15) is 31.7 Å². The molecule has 8 nitrogen and oxygen atoms in total. The summed E-state index contributed by atoms with van der Waals surface area (Å²) in [5, 5.41) is 12.7. The van der Waals surface area contributed by atoms with Gasteiger partial charge in [-0.15, -0.1) is 0 Å². The van der Waals surface area contributed by atoms with E-state index in [0.717, 1.165) is 18.6 Å². The summed E-state index contributed by atoms with van der Waals surface area (Å²) in [6, 6.07) is 9.62. The van der Waals surface area contributed by atoms with Crippen LogP contribution < -0.4 is 15.8 Å². The Bertz CT molecular complexity index is 819. The van der Waals surface area contributed by atoms with Crippen LogP contribution >= 0.6 is 0 Å². The maximum Gasteiger partial charge on any atom is 0.207 e. The van der Waals surface area contributed by atoms with Gasteiger partial charge < -0.3 is 25.6 Å². The molecule has 0 radical (unpaired) electrons. The molecule has 150 valence electrons. The maximum absolute atomic E-state index is 9.40. The molecule has 1 fully saturated rings. The number of hydrogen-bond acceptors (Lipinski definition) is 7. The van der Waals surface area contributed by atoms with E-state index in [9.17, 15) is 5.11 Å². The molecule has 0 amide bonds. The third kappa shape index (κ3) is 4.52. The lowest BCUT2D eigenvalue weighted by Gasteiger charge is -2.18. The second-order valence-corrected chi connectivity index (χ2v) is 6.45. The third-order valence-electron chi connectivity index (χ3n) is 4.42. The highest BCUT2D eigenvalue weighted by atomic mass is 16.5. The van der Waals surface area contributed by atoms with Gasteiger partial charge in [0.25, 0.3) is 0 Å². The smallest absolute Gasteiger partial charge is 0.207 e. The number of aliphatic hydroxyl groups is 1. The van der Waals surface area contributed by atoms with E-state index in [1.807, 2.05) is 41.8 Å². The van der Waals surface area contributed by atoms with Gasteiger partial charge in [0.05, 0.1) is 25.0 Å². The lowest BCUT2D eigenvalue weighted by Crippen LogP contribution is -2.18. The van der Waals surface area contributed by atoms with Crippen LogP contribution in [0.3, 0.4) is 0 Å². The molecule has 4 N–H and O–H groups in total. The van der Waals surface area contributed by atoms with Crippen molar-refractivity contribution in [2.75, 3.05) is 25.1 Å². The van der Waals surface area contributed by atoms with E-state index in [-0.39, 0.29) is 18.9 Å². The first kappa shape index (κ1) is 19.9. The van der Waals surface area contributed by atoms with Gasteiger partial charge in [0.2, 0.25) is 5.95 Å². The first-order chi connectivity index (χ1) is 13.6. The largest absolute Gasteiger partial charge is 0.492 e. The van der Waals surface area contributed by atoms with E-state index in [4.69, 9.17) is 15.2 Å². The van der Waals surface area contributed by atoms with Crippen LogP contribution in [-0.4, -0.2) is 46.7 Å². The molecule has 3 rings (SSSR count). The predicted molar refractivity (Wildman–Crippen MR) is 110 cm³/mol. The highest BCUT2D eigenvalue weighted by Gasteiger charge is 2.31. The minimum Gasteiger partial charge on any atom is -0.492 e. The number of aliphatic hydroxyl groups excluding tert-OH is 1. The average Bonchev–Trinajstić information content (AvgIpc) is 3.31. The van der Waals surface area contributed by atoms with Gasteiger partial charge in [0.15, 0.2) is 5.82 Å². The summed E-state index contributed by atoms with van der Waals surface area (Å²) in [5.41, 5.74) is 6.78. The van der Waals surface area contributed by atoms with Crippen LogP contribution in [0.15, 0.2) is 41.9 Å². The number of benzene rings is 1. The Labute approximate surface area is 164 Å². The molecule has 2 unspecified atom stereocenters. The van der Waals surface area contributed by atoms with Gasteiger partial charge in [-0.25, -0.2) is 9.98 Å². The molecule has 1 aromatic carbocycles. The van der Waals surface area contributed by atoms with Gasteiger partial charge in [0.1, 0.15) is 24.3 Å². The van der Waals surface area contributed by atoms with Gasteiger partial charge in [-0.05, 0) is 31.9 Å². The fourth-order valence-corrected chi connectivity index (χ4v) is 3.14. The van der Waals surface area contributed by atoms with Crippen molar-refractivity contribution in [2.24, 2.45) is 10.7 Å². The summed E-state index contributed by atoms with van der Waals surface area (Å²) in [5.74, 6) is 1.98. The molecule has 1 aliphatic rings. The molecule has 1 saturated heterocycles. The van der Waals surface area contributed by atoms with Crippen molar-refractivity contribution in [3.05, 3.63) is 42.6 Å². The van der Waals surface area contributed by atoms with Gasteiger partial charge in [-0.2, -0.15) is 0 Å². The first-order valence-electron chi connectivity index (χ1n) is 9.37. The Morgan fingerprint density at radius 2 is 2.25 bits per heavy atom. The van der Waals surface area contributed by atoms with Crippen LogP contribution in [0.25, 0.3) is 5.70 Å². The van der Waals surface area contributed by atoms with Crippen molar-refractivity contribution in [1.29, 1.82) is 0 Å². The van der Waals surface area contributed by atoms with Gasteiger partial charge in [-0.3, -0.25) is 4.57 Å². The number of para-hydroxylation sites is 1. The third-order valence-corrected chi connectivity index (χ3v) is 4.42. The molecule has 0 spiro atoms. The SMILES string of the molecule is C=C(N)c1nc(NCCOc2ccccc2)n(C2CCC(CO)O2)c1/N=C\C. The summed E-state index contributed by atoms with van der Waals surface area (Å²) in [4.78, 5) is 9.02. The van der Waals surface area contributed by atoms with Crippen molar-refractivity contribution in [2.45, 2.75) is 32.1 Å². The first-order valence-corrected chi connectivity index (χ1v) is 9.37. The Kier molecular flexibility index (Phi) is 6.67. The number of nitrogens with one attached hydrogen (secondary N) is 1. The molecular weight excluding hydrogens is 358 g/mol. The number of ether oxygens (including phenoxy) is 2. The zero-order valence-corrected chi connectivity index (χ0v) is 16.0. The number of hydrogen-bond donors (Lipinski definition) is 3. The fourth-order valence-electron chi connectivity index (χ4n) is 3.14. The number of aliphatic imine (C=N–C) groups is 1. The lowest BCUT2D eigenvalue weighted by molar-refractivity contribution is -0.0206. The minimum absolute atomic E-state index is 0.0122. The highest BCUT2D eigenvalue weighted by Crippen LogP contribution is 2.37. The summed E-state index contributed by atoms with van der Waals surface area (Å²) in [7, 11) is 0. The Balaban J connectivity index is 1.78. The molecule has 2 aromatic rings. The van der Waals surface area contributed by atoms with Gasteiger partial charge in [0, 0.05) is 6.21 Å². The van der Waals surface area contributed by atoms with Crippen molar-refractivity contribution >= 4 is 23.7 Å². The van der Waals surface area contributed by atoms with Crippen LogP contribution in [0.5, 0.6) is 5.75 Å². The monoisotopic (exact) mass is 385 g/mol. The summed E-state index contributed by atoms with van der Waals surface area (Å²) in [6.07, 6.45) is 2.73. The van der Waals surface area contributed by atoms with Crippen LogP contribution in [-0.2, 0) is 4.74 Å². The average molecular weight is 385 g/mol. The molecule has 2 atom stereocenters. The normalized spacial score (nSPS) is 19.2. The number of aromatic nitrogens is 2. The number of nitrogens with two attached hydrogens (primary N) is 1. The fraction of sp³-hybridized carbons (Fsp3) is 0.400. The number of anilines is 1. The van der Waals surface area contributed by atoms with Crippen molar-refractivity contribution in [3.8, 4) is 5.75 Å². The quantitative estimate of drug-likeness (QED) is 0.453. The number of rotatable bonds is 9. The Morgan fingerprint density at radius 1 is 1.46 bits per heavy atom. The second kappa shape index (κ2) is 9.38. The molecule has 0 bridgehead atoms. The van der Waals surface area contributed by atoms with E-state index >= 15 is 0 Å². The molecule has 2 heterocycles. The molecule has 0 aliphatic carbocycles. The summed E-state index contributed by atoms with van der Waals surface area (Å²) in [6.45, 7) is 6.63. The molecule has 1 aromatic heterocycles. The molecule has 8 heteroatoms. The second-order valence-electron chi connectivity index (χ2n) is 6.45. The minimum atomic E-state index is -0.283. The van der Waals surface area contributed by atoms with E-state index < -0.39 is 0 Å². The van der Waals surface area contributed by atoms with Gasteiger partial charge in [-0.1, -0.05) is 24.8 Å². The van der Waals surface area contributed by atoms with E-state index in [0.29, 0.717) is 36.3 Å². The maximum atomic E-state index is 9.40. The molecular formula is C20H27N5O3. The topological polar surface area (TPSA) is 107 Å². The number of nitrogens with zero attached hydrogens (tertiary/aromatic N) is 3. The highest BCUT2D eigenvalue weighted by molar-refractivity contribution is 5.72. The standard InChI is InChI=1S/C20H27N5O3/c1-3-22-19-18(14(2)21)24-20(25(19)17-10-9-16(13-26)28-17)23-11-12-27-15-7-5-4-6-8-15/h3-8,16-17,26H,2,9-13,21H2,1H3,(H,23,24)/b22-3-. The zero-order valence-electron chi connectivity index (χ0n) is 16.0. The molecule has 28 heavy (non-hydrogen) atoms. The van der Waals surface area contributed by atoms with Crippen LogP contribution in [0, 0.1) is 0 Å². The Hall–Kier alpha value is -2.84. The van der Waals surface area contributed by atoms with E-state index in [2.05, 4.69) is 21.9 Å².